The fraction of sp³-hybridized carbons (Fsp3) is 0.400. The van der Waals surface area contributed by atoms with Crippen LogP contribution in [0.5, 0.6) is 0 Å². The van der Waals surface area contributed by atoms with Crippen LogP contribution >= 0.6 is 0 Å². The first kappa shape index (κ1) is 12.5. The van der Waals surface area contributed by atoms with Gasteiger partial charge in [-0.15, -0.1) is 0 Å². The van der Waals surface area contributed by atoms with Crippen LogP contribution in [0, 0.1) is 0 Å². The predicted molar refractivity (Wildman–Crippen MR) is 60.2 cm³/mol. The Morgan fingerprint density at radius 2 is 1.94 bits per heavy atom. The molecule has 0 atom stereocenters. The van der Waals surface area contributed by atoms with Crippen LogP contribution in [-0.2, 0) is 0 Å². The highest BCUT2D eigenvalue weighted by atomic mass is 19.4. The molecule has 2 aromatic rings. The normalized spacial score (nSPS) is 12.0. The molecule has 18 heavy (non-hydrogen) atoms. The van der Waals surface area contributed by atoms with Crippen LogP contribution in [0.2, 0.25) is 0 Å². The first-order chi connectivity index (χ1) is 8.38. The molecule has 1 heterocycles. The van der Waals surface area contributed by atoms with Crippen LogP contribution in [-0.4, -0.2) is 30.1 Å². The molecule has 5 nitrogen and oxygen atoms in total. The van der Waals surface area contributed by atoms with Gasteiger partial charge < -0.3 is 10.6 Å². The molecule has 0 radical (unpaired) electrons. The number of fused-ring (bicyclic) bond motifs is 1. The Kier molecular flexibility index (Phi) is 3.02. The van der Waals surface area contributed by atoms with Gasteiger partial charge in [0.05, 0.1) is 17.8 Å². The molecule has 2 rings (SSSR count). The average molecular weight is 260 g/mol. The van der Waals surface area contributed by atoms with Crippen molar-refractivity contribution >= 4 is 22.4 Å². The molecule has 0 bridgehead atoms. The number of aromatic nitrogens is 2. The minimum atomic E-state index is -4.19. The van der Waals surface area contributed by atoms with Crippen molar-refractivity contribution in [1.82, 2.24) is 10.3 Å². The topological polar surface area (TPSA) is 68.2 Å². The number of halogens is 3. The summed E-state index contributed by atoms with van der Waals surface area (Å²) in [6, 6.07) is 3.16. The minimum absolute atomic E-state index is 0.171. The molecule has 0 aliphatic rings. The molecule has 1 aromatic carbocycles. The Hall–Kier alpha value is -1.99. The number of nitrogens with two attached hydrogens (primary N) is 1. The third kappa shape index (κ3) is 2.47. The number of hydrogen-bond donors (Lipinski definition) is 1. The molecule has 1 aromatic heterocycles. The van der Waals surface area contributed by atoms with Crippen LogP contribution in [0.3, 0.4) is 0 Å². The lowest BCUT2D eigenvalue weighted by Gasteiger charge is -2.20. The van der Waals surface area contributed by atoms with Gasteiger partial charge in [-0.2, -0.15) is 13.2 Å². The zero-order valence-electron chi connectivity index (χ0n) is 9.53. The van der Waals surface area contributed by atoms with Gasteiger partial charge in [0.25, 0.3) is 0 Å². The Balaban J connectivity index is 2.25. The molecular formula is C10H11F3N4O. The number of nitrogen functional groups attached to an aromatic ring is 1. The fourth-order valence-corrected chi connectivity index (χ4v) is 1.60. The van der Waals surface area contributed by atoms with E-state index in [0.717, 1.165) is 0 Å². The third-order valence-electron chi connectivity index (χ3n) is 2.57. The largest absolute Gasteiger partial charge is 0.397 e. The van der Waals surface area contributed by atoms with Crippen LogP contribution in [0.25, 0.3) is 11.0 Å². The maximum atomic E-state index is 12.2. The molecule has 0 unspecified atom stereocenters. The van der Waals surface area contributed by atoms with Crippen molar-refractivity contribution in [2.45, 2.75) is 12.6 Å². The molecule has 0 aliphatic carbocycles. The van der Waals surface area contributed by atoms with Gasteiger partial charge in [0.2, 0.25) is 0 Å². The SMILES string of the molecule is CN(CCC(F)(F)F)c1ccc(N)c2nonc12. The summed E-state index contributed by atoms with van der Waals surface area (Å²) >= 11 is 0. The summed E-state index contributed by atoms with van der Waals surface area (Å²) in [6.45, 7) is -0.171. The van der Waals surface area contributed by atoms with Gasteiger partial charge >= 0.3 is 6.18 Å². The van der Waals surface area contributed by atoms with Gasteiger partial charge in [-0.3, -0.25) is 0 Å². The molecule has 0 amide bonds. The van der Waals surface area contributed by atoms with Gasteiger partial charge in [-0.05, 0) is 22.4 Å². The first-order valence-corrected chi connectivity index (χ1v) is 5.17. The highest BCUT2D eigenvalue weighted by Gasteiger charge is 2.27. The summed E-state index contributed by atoms with van der Waals surface area (Å²) in [7, 11) is 1.55. The van der Waals surface area contributed by atoms with Crippen molar-refractivity contribution in [2.75, 3.05) is 24.2 Å². The second-order valence-electron chi connectivity index (χ2n) is 3.92. The lowest BCUT2D eigenvalue weighted by Crippen LogP contribution is -2.24. The number of anilines is 2. The zero-order valence-corrected chi connectivity index (χ0v) is 9.53. The zero-order chi connectivity index (χ0) is 13.3. The van der Waals surface area contributed by atoms with E-state index in [0.29, 0.717) is 22.4 Å². The Bertz CT molecular complexity index is 552. The number of alkyl halides is 3. The van der Waals surface area contributed by atoms with E-state index in [1.807, 2.05) is 0 Å². The lowest BCUT2D eigenvalue weighted by atomic mass is 10.2. The van der Waals surface area contributed by atoms with E-state index in [1.54, 1.807) is 19.2 Å². The molecule has 0 saturated carbocycles. The molecular weight excluding hydrogens is 249 g/mol. The Labute approximate surface area is 100 Å². The maximum Gasteiger partial charge on any atom is 0.390 e. The second-order valence-corrected chi connectivity index (χ2v) is 3.92. The highest BCUT2D eigenvalue weighted by Crippen LogP contribution is 2.28. The highest BCUT2D eigenvalue weighted by molar-refractivity contribution is 5.95. The van der Waals surface area contributed by atoms with Gasteiger partial charge in [0.15, 0.2) is 11.0 Å². The van der Waals surface area contributed by atoms with Crippen molar-refractivity contribution < 1.29 is 17.8 Å². The van der Waals surface area contributed by atoms with Crippen molar-refractivity contribution in [3.63, 3.8) is 0 Å². The number of nitrogens with zero attached hydrogens (tertiary/aromatic N) is 3. The van der Waals surface area contributed by atoms with Crippen molar-refractivity contribution in [3.05, 3.63) is 12.1 Å². The van der Waals surface area contributed by atoms with Crippen molar-refractivity contribution in [3.8, 4) is 0 Å². The quantitative estimate of drug-likeness (QED) is 0.857. The third-order valence-corrected chi connectivity index (χ3v) is 2.57. The lowest BCUT2D eigenvalue weighted by molar-refractivity contribution is -0.132. The fourth-order valence-electron chi connectivity index (χ4n) is 1.60. The molecule has 98 valence electrons. The van der Waals surface area contributed by atoms with E-state index in [9.17, 15) is 13.2 Å². The summed E-state index contributed by atoms with van der Waals surface area (Å²) in [5, 5.41) is 7.27. The molecule has 8 heteroatoms. The summed E-state index contributed by atoms with van der Waals surface area (Å²) in [5.74, 6) is 0. The smallest absolute Gasteiger partial charge is 0.390 e. The molecule has 2 N–H and O–H groups in total. The summed E-state index contributed by atoms with van der Waals surface area (Å²) < 4.78 is 41.0. The van der Waals surface area contributed by atoms with E-state index < -0.39 is 12.6 Å². The maximum absolute atomic E-state index is 12.2. The van der Waals surface area contributed by atoms with E-state index in [1.165, 1.54) is 4.90 Å². The van der Waals surface area contributed by atoms with Gasteiger partial charge in [0.1, 0.15) is 0 Å². The van der Waals surface area contributed by atoms with Gasteiger partial charge in [-0.25, -0.2) is 4.63 Å². The average Bonchev–Trinajstić information content (AvgIpc) is 2.75. The standard InChI is InChI=1S/C10H11F3N4O/c1-17(5-4-10(11,12)13)7-3-2-6(14)8-9(7)16-18-15-8/h2-3H,4-5,14H2,1H3. The Morgan fingerprint density at radius 1 is 1.28 bits per heavy atom. The second kappa shape index (κ2) is 4.35. The van der Waals surface area contributed by atoms with Gasteiger partial charge in [-0.1, -0.05) is 0 Å². The summed E-state index contributed by atoms with van der Waals surface area (Å²) in [4.78, 5) is 1.44. The van der Waals surface area contributed by atoms with Crippen molar-refractivity contribution in [2.24, 2.45) is 0 Å². The van der Waals surface area contributed by atoms with E-state index in [-0.39, 0.29) is 6.54 Å². The molecule has 0 aliphatic heterocycles. The molecule has 0 fully saturated rings. The van der Waals surface area contributed by atoms with Gasteiger partial charge in [0, 0.05) is 13.6 Å². The van der Waals surface area contributed by atoms with E-state index in [4.69, 9.17) is 5.73 Å². The summed E-state index contributed by atoms with van der Waals surface area (Å²) in [6.07, 6.45) is -5.09. The van der Waals surface area contributed by atoms with Crippen molar-refractivity contribution in [1.29, 1.82) is 0 Å². The minimum Gasteiger partial charge on any atom is -0.397 e. The monoisotopic (exact) mass is 260 g/mol. The first-order valence-electron chi connectivity index (χ1n) is 5.17. The Morgan fingerprint density at radius 3 is 2.61 bits per heavy atom. The number of hydrogen-bond acceptors (Lipinski definition) is 5. The summed E-state index contributed by atoms with van der Waals surface area (Å²) in [5.41, 5.74) is 7.24. The van der Waals surface area contributed by atoms with E-state index >= 15 is 0 Å². The van der Waals surface area contributed by atoms with Crippen LogP contribution < -0.4 is 10.6 Å². The van der Waals surface area contributed by atoms with Crippen LogP contribution in [0.4, 0.5) is 24.5 Å². The van der Waals surface area contributed by atoms with Crippen LogP contribution in [0.15, 0.2) is 16.8 Å². The number of benzene rings is 1. The predicted octanol–water partition coefficient (Wildman–Crippen LogP) is 2.19. The van der Waals surface area contributed by atoms with E-state index in [2.05, 4.69) is 14.9 Å². The van der Waals surface area contributed by atoms with Crippen LogP contribution in [0.1, 0.15) is 6.42 Å². The number of rotatable bonds is 3. The molecule has 0 saturated heterocycles. The molecule has 0 spiro atoms.